The third-order valence-corrected chi connectivity index (χ3v) is 6.68. The van der Waals surface area contributed by atoms with Crippen LogP contribution in [0, 0.1) is 23.7 Å². The maximum atomic E-state index is 12.7. The molecule has 1 aromatic rings. The monoisotopic (exact) mass is 438 g/mol. The number of rotatable bonds is 8. The average Bonchev–Trinajstić information content (AvgIpc) is 3.49. The van der Waals surface area contributed by atoms with Crippen LogP contribution in [0.1, 0.15) is 12.1 Å². The van der Waals surface area contributed by atoms with E-state index in [0.29, 0.717) is 32.0 Å². The summed E-state index contributed by atoms with van der Waals surface area (Å²) in [6, 6.07) is 5.73. The second-order valence-corrected chi connectivity index (χ2v) is 8.57. The Labute approximate surface area is 188 Å². The van der Waals surface area contributed by atoms with Crippen LogP contribution in [0.25, 0.3) is 0 Å². The number of carbonyl (C=O) groups excluding carboxylic acids is 3. The Bertz CT molecular complexity index is 901. The van der Waals surface area contributed by atoms with Gasteiger partial charge in [-0.1, -0.05) is 18.2 Å². The second kappa shape index (κ2) is 9.50. The molecule has 1 aromatic heterocycles. The van der Waals surface area contributed by atoms with Gasteiger partial charge in [0.15, 0.2) is 5.96 Å². The van der Waals surface area contributed by atoms with Gasteiger partial charge in [0.2, 0.25) is 17.7 Å². The van der Waals surface area contributed by atoms with Crippen LogP contribution in [0.4, 0.5) is 0 Å². The molecule has 4 unspecified atom stereocenters. The number of carbonyl (C=O) groups is 3. The van der Waals surface area contributed by atoms with E-state index >= 15 is 0 Å². The van der Waals surface area contributed by atoms with Crippen molar-refractivity contribution in [3.8, 4) is 0 Å². The lowest BCUT2D eigenvalue weighted by Gasteiger charge is -2.20. The molecule has 0 spiro atoms. The summed E-state index contributed by atoms with van der Waals surface area (Å²) in [5.74, 6) is 0.382. The van der Waals surface area contributed by atoms with Crippen LogP contribution >= 0.6 is 0 Å². The van der Waals surface area contributed by atoms with Gasteiger partial charge in [-0.15, -0.1) is 0 Å². The van der Waals surface area contributed by atoms with Gasteiger partial charge in [0, 0.05) is 52.0 Å². The molecular formula is C23H30N6O3. The number of allylic oxidation sites excluding steroid dienone is 2. The van der Waals surface area contributed by atoms with E-state index in [1.165, 1.54) is 4.90 Å². The number of nitrogens with zero attached hydrogens (tertiary/aromatic N) is 4. The first-order valence-corrected chi connectivity index (χ1v) is 11.1. The molecule has 2 aliphatic carbocycles. The molecule has 4 atom stereocenters. The van der Waals surface area contributed by atoms with Crippen LogP contribution in [0.2, 0.25) is 0 Å². The van der Waals surface area contributed by atoms with E-state index in [9.17, 15) is 14.4 Å². The van der Waals surface area contributed by atoms with E-state index in [4.69, 9.17) is 0 Å². The Morgan fingerprint density at radius 1 is 1.19 bits per heavy atom. The first-order chi connectivity index (χ1) is 15.5. The van der Waals surface area contributed by atoms with Gasteiger partial charge in [-0.3, -0.25) is 29.3 Å². The normalized spacial score (nSPS) is 25.9. The number of hydrogen-bond acceptors (Lipinski definition) is 5. The largest absolute Gasteiger partial charge is 0.355 e. The Balaban J connectivity index is 1.18. The van der Waals surface area contributed by atoms with Crippen molar-refractivity contribution in [2.45, 2.75) is 12.8 Å². The van der Waals surface area contributed by atoms with Crippen molar-refractivity contribution in [3.05, 3.63) is 42.2 Å². The summed E-state index contributed by atoms with van der Waals surface area (Å²) >= 11 is 0. The zero-order chi connectivity index (χ0) is 22.7. The molecule has 9 nitrogen and oxygen atoms in total. The molecule has 2 N–H and O–H groups in total. The topological polar surface area (TPSA) is 107 Å². The van der Waals surface area contributed by atoms with Crippen molar-refractivity contribution < 1.29 is 14.4 Å². The zero-order valence-corrected chi connectivity index (χ0v) is 18.5. The Morgan fingerprint density at radius 3 is 2.53 bits per heavy atom. The summed E-state index contributed by atoms with van der Waals surface area (Å²) in [4.78, 5) is 49.3. The van der Waals surface area contributed by atoms with Crippen molar-refractivity contribution in [2.75, 3.05) is 40.3 Å². The second-order valence-electron chi connectivity index (χ2n) is 8.57. The lowest BCUT2D eigenvalue weighted by molar-refractivity contribution is -0.140. The number of likely N-dealkylation sites (tertiary alicyclic amines) is 1. The van der Waals surface area contributed by atoms with Crippen molar-refractivity contribution in [3.63, 3.8) is 0 Å². The first-order valence-electron chi connectivity index (χ1n) is 11.1. The first kappa shape index (κ1) is 22.0. The minimum atomic E-state index is -0.172. The van der Waals surface area contributed by atoms with E-state index in [2.05, 4.69) is 32.8 Å². The van der Waals surface area contributed by atoms with Gasteiger partial charge in [0.05, 0.1) is 18.4 Å². The standard InChI is InChI=1S/C23H30N6O3/c1-24-23(27-14-18(30)28(2)11-8-17-5-3-4-9-25-17)26-10-12-29-21(31)19-15-6-7-16(13-15)20(19)22(29)32/h3-7,9,15-16,19-20H,8,10-14H2,1-2H3,(H2,24,26,27). The van der Waals surface area contributed by atoms with Gasteiger partial charge in [0.1, 0.15) is 0 Å². The molecule has 2 fully saturated rings. The van der Waals surface area contributed by atoms with Crippen LogP contribution in [-0.2, 0) is 20.8 Å². The number of aliphatic imine (C=N–C) groups is 1. The van der Waals surface area contributed by atoms with Crippen LogP contribution in [-0.4, -0.2) is 78.7 Å². The summed E-state index contributed by atoms with van der Waals surface area (Å²) in [6.07, 6.45) is 7.54. The fourth-order valence-electron chi connectivity index (χ4n) is 4.94. The highest BCUT2D eigenvalue weighted by molar-refractivity contribution is 6.06. The molecule has 2 heterocycles. The number of likely N-dealkylation sites (N-methyl/N-ethyl adjacent to an activating group) is 1. The van der Waals surface area contributed by atoms with E-state index in [1.54, 1.807) is 25.2 Å². The van der Waals surface area contributed by atoms with Crippen LogP contribution in [0.3, 0.4) is 0 Å². The summed E-state index contributed by atoms with van der Waals surface area (Å²) in [6.45, 7) is 1.34. The highest BCUT2D eigenvalue weighted by Crippen LogP contribution is 2.52. The number of amides is 3. The van der Waals surface area contributed by atoms with Crippen molar-refractivity contribution >= 4 is 23.7 Å². The minimum Gasteiger partial charge on any atom is -0.355 e. The van der Waals surface area contributed by atoms with E-state index in [1.807, 2.05) is 18.2 Å². The Hall–Kier alpha value is -3.23. The number of imide groups is 1. The van der Waals surface area contributed by atoms with Gasteiger partial charge < -0.3 is 15.5 Å². The molecular weight excluding hydrogens is 408 g/mol. The SMILES string of the molecule is CN=C(NCCN1C(=O)C2C3C=CC(C3)C2C1=O)NCC(=O)N(C)CCc1ccccn1. The quantitative estimate of drug-likeness (QED) is 0.257. The molecule has 1 saturated heterocycles. The molecule has 1 aliphatic heterocycles. The summed E-state index contributed by atoms with van der Waals surface area (Å²) in [5, 5.41) is 6.08. The summed E-state index contributed by atoms with van der Waals surface area (Å²) < 4.78 is 0. The molecule has 0 radical (unpaired) electrons. The fourth-order valence-corrected chi connectivity index (χ4v) is 4.94. The number of aromatic nitrogens is 1. The predicted octanol–water partition coefficient (Wildman–Crippen LogP) is 0.0546. The lowest BCUT2D eigenvalue weighted by atomic mass is 9.85. The Morgan fingerprint density at radius 2 is 1.91 bits per heavy atom. The van der Waals surface area contributed by atoms with Crippen LogP contribution < -0.4 is 10.6 Å². The highest BCUT2D eigenvalue weighted by atomic mass is 16.2. The molecule has 0 aromatic carbocycles. The van der Waals surface area contributed by atoms with Crippen molar-refractivity contribution in [2.24, 2.45) is 28.7 Å². The number of fused-ring (bicyclic) bond motifs is 5. The van der Waals surface area contributed by atoms with Crippen molar-refractivity contribution in [1.29, 1.82) is 0 Å². The highest BCUT2D eigenvalue weighted by Gasteiger charge is 2.58. The lowest BCUT2D eigenvalue weighted by Crippen LogP contribution is -2.46. The number of hydrogen-bond donors (Lipinski definition) is 2. The molecule has 1 saturated carbocycles. The summed E-state index contributed by atoms with van der Waals surface area (Å²) in [7, 11) is 3.37. The molecule has 9 heteroatoms. The number of pyridine rings is 1. The third kappa shape index (κ3) is 4.37. The maximum Gasteiger partial charge on any atom is 0.241 e. The number of nitrogens with one attached hydrogen (secondary N) is 2. The number of guanidine groups is 1. The molecule has 3 amide bonds. The summed E-state index contributed by atoms with van der Waals surface area (Å²) in [5.41, 5.74) is 0.941. The smallest absolute Gasteiger partial charge is 0.241 e. The van der Waals surface area contributed by atoms with Gasteiger partial charge in [-0.2, -0.15) is 0 Å². The maximum absolute atomic E-state index is 12.7. The predicted molar refractivity (Wildman–Crippen MR) is 119 cm³/mol. The Kier molecular flexibility index (Phi) is 6.53. The van der Waals surface area contributed by atoms with Gasteiger partial charge in [0.25, 0.3) is 0 Å². The molecule has 170 valence electrons. The zero-order valence-electron chi connectivity index (χ0n) is 18.5. The molecule has 32 heavy (non-hydrogen) atoms. The van der Waals surface area contributed by atoms with Gasteiger partial charge in [-0.05, 0) is 30.4 Å². The van der Waals surface area contributed by atoms with Crippen molar-refractivity contribution in [1.82, 2.24) is 25.4 Å². The van der Waals surface area contributed by atoms with E-state index in [-0.39, 0.29) is 47.9 Å². The van der Waals surface area contributed by atoms with E-state index in [0.717, 1.165) is 12.1 Å². The van der Waals surface area contributed by atoms with E-state index < -0.39 is 0 Å². The van der Waals surface area contributed by atoms with Gasteiger partial charge >= 0.3 is 0 Å². The van der Waals surface area contributed by atoms with Crippen LogP contribution in [0.15, 0.2) is 41.5 Å². The third-order valence-electron chi connectivity index (χ3n) is 6.68. The molecule has 2 bridgehead atoms. The van der Waals surface area contributed by atoms with Gasteiger partial charge in [-0.25, -0.2) is 0 Å². The average molecular weight is 439 g/mol. The fraction of sp³-hybridized carbons (Fsp3) is 0.522. The molecule has 4 rings (SSSR count). The molecule has 3 aliphatic rings. The van der Waals surface area contributed by atoms with Crippen LogP contribution in [0.5, 0.6) is 0 Å². The minimum absolute atomic E-state index is 0.0497.